The molecule has 1 aliphatic carbocycles. The molecule has 1 saturated carbocycles. The van der Waals surface area contributed by atoms with E-state index in [1.165, 1.54) is 24.3 Å². The van der Waals surface area contributed by atoms with Gasteiger partial charge in [0.15, 0.2) is 5.82 Å². The molecule has 2 heterocycles. The van der Waals surface area contributed by atoms with Crippen LogP contribution < -0.4 is 27.0 Å². The Morgan fingerprint density at radius 1 is 0.934 bits per heavy atom. The number of carboxylic acid groups (broad SMARTS) is 1. The van der Waals surface area contributed by atoms with Gasteiger partial charge in [-0.05, 0) is 122 Å². The van der Waals surface area contributed by atoms with E-state index >= 15 is 0 Å². The number of carboxylic acids is 1. The average Bonchev–Trinajstić information content (AvgIpc) is 3.73. The lowest BCUT2D eigenvalue weighted by Crippen LogP contribution is -2.54. The fourth-order valence-corrected chi connectivity index (χ4v) is 7.77. The molecule has 328 valence electrons. The van der Waals surface area contributed by atoms with Crippen LogP contribution in [0.15, 0.2) is 66.7 Å². The summed E-state index contributed by atoms with van der Waals surface area (Å²) < 4.78 is 55.9. The number of nitrogens with one attached hydrogen (secondary N) is 5. The summed E-state index contributed by atoms with van der Waals surface area (Å²) in [5, 5.41) is 26.1. The van der Waals surface area contributed by atoms with Crippen molar-refractivity contribution in [3.63, 3.8) is 0 Å². The number of halogens is 5. The van der Waals surface area contributed by atoms with Crippen molar-refractivity contribution in [2.75, 3.05) is 25.0 Å². The van der Waals surface area contributed by atoms with Crippen LogP contribution in [0.4, 0.5) is 23.2 Å². The lowest BCUT2D eigenvalue weighted by molar-refractivity contribution is -0.231. The van der Waals surface area contributed by atoms with Gasteiger partial charge >= 0.3 is 17.8 Å². The molecule has 4 aromatic rings. The maximum atomic E-state index is 14.3. The number of aromatic nitrogens is 3. The number of hydrogen-bond acceptors (Lipinski definition) is 8. The molecule has 2 aliphatic rings. The average molecular weight is 871 g/mol. The van der Waals surface area contributed by atoms with Gasteiger partial charge < -0.3 is 32.1 Å². The van der Waals surface area contributed by atoms with E-state index in [0.717, 1.165) is 54.6 Å². The Morgan fingerprint density at radius 3 is 2.20 bits per heavy atom. The Hall–Kier alpha value is -5.39. The predicted octanol–water partition coefficient (Wildman–Crippen LogP) is 6.23. The van der Waals surface area contributed by atoms with Crippen LogP contribution in [-0.4, -0.2) is 81.6 Å². The van der Waals surface area contributed by atoms with E-state index in [1.54, 1.807) is 5.10 Å². The molecule has 0 radical (unpaired) electrons. The van der Waals surface area contributed by atoms with Crippen molar-refractivity contribution in [1.82, 2.24) is 31.1 Å². The second-order valence-electron chi connectivity index (χ2n) is 16.5. The third kappa shape index (κ3) is 10.6. The Kier molecular flexibility index (Phi) is 14.6. The van der Waals surface area contributed by atoms with Gasteiger partial charge in [-0.15, -0.1) is 12.4 Å². The monoisotopic (exact) mass is 870 g/mol. The lowest BCUT2D eigenvalue weighted by atomic mass is 9.80. The fraction of sp³-hybridized carbons (Fsp3) is 0.442. The van der Waals surface area contributed by atoms with Gasteiger partial charge in [0, 0.05) is 41.7 Å². The number of carbonyl (C=O) groups excluding carboxylic acids is 3. The number of nitrogens with two attached hydrogens (primary N) is 1. The van der Waals surface area contributed by atoms with Crippen LogP contribution in [0.25, 0.3) is 22.5 Å². The van der Waals surface area contributed by atoms with Crippen molar-refractivity contribution in [2.45, 2.75) is 83.2 Å². The van der Waals surface area contributed by atoms with Crippen LogP contribution in [0.3, 0.4) is 0 Å². The number of amides is 3. The molecule has 6 rings (SSSR count). The van der Waals surface area contributed by atoms with E-state index in [0.29, 0.717) is 30.9 Å². The molecule has 1 aliphatic heterocycles. The van der Waals surface area contributed by atoms with Gasteiger partial charge in [0.05, 0.1) is 0 Å². The zero-order chi connectivity index (χ0) is 43.4. The molecule has 0 spiro atoms. The van der Waals surface area contributed by atoms with Crippen molar-refractivity contribution < 1.29 is 41.8 Å². The maximum Gasteiger partial charge on any atom is 0.411 e. The van der Waals surface area contributed by atoms with Crippen molar-refractivity contribution in [3.8, 4) is 22.5 Å². The second-order valence-corrected chi connectivity index (χ2v) is 16.5. The first-order valence-corrected chi connectivity index (χ1v) is 19.9. The molecule has 13 nitrogen and oxygen atoms in total. The summed E-state index contributed by atoms with van der Waals surface area (Å²) in [7, 11) is 0. The van der Waals surface area contributed by atoms with Gasteiger partial charge in [0.2, 0.25) is 17.6 Å². The number of anilines is 1. The summed E-state index contributed by atoms with van der Waals surface area (Å²) in [6, 6.07) is 17.8. The second kappa shape index (κ2) is 19.1. The summed E-state index contributed by atoms with van der Waals surface area (Å²) in [5.74, 6) is -16.5. The van der Waals surface area contributed by atoms with E-state index in [4.69, 9.17) is 10.8 Å². The molecule has 3 aromatic carbocycles. The highest BCUT2D eigenvalue weighted by Crippen LogP contribution is 2.42. The molecule has 2 fully saturated rings. The van der Waals surface area contributed by atoms with Crippen LogP contribution in [-0.2, 0) is 26.7 Å². The highest BCUT2D eigenvalue weighted by Gasteiger charge is 2.65. The smallest absolute Gasteiger partial charge is 0.411 e. The van der Waals surface area contributed by atoms with E-state index in [9.17, 15) is 36.7 Å². The molecule has 18 heteroatoms. The highest BCUT2D eigenvalue weighted by atomic mass is 35.5. The highest BCUT2D eigenvalue weighted by molar-refractivity contribution is 5.98. The summed E-state index contributed by atoms with van der Waals surface area (Å²) >= 11 is 0. The van der Waals surface area contributed by atoms with E-state index in [2.05, 4.69) is 45.2 Å². The van der Waals surface area contributed by atoms with E-state index < -0.39 is 41.4 Å². The number of aromatic amines is 1. The summed E-state index contributed by atoms with van der Waals surface area (Å²) in [5.41, 5.74) is 10.3. The quantitative estimate of drug-likeness (QED) is 0.0717. The molecule has 2 atom stereocenters. The van der Waals surface area contributed by atoms with Gasteiger partial charge in [-0.3, -0.25) is 19.5 Å². The van der Waals surface area contributed by atoms with Gasteiger partial charge in [0.25, 0.3) is 5.91 Å². The lowest BCUT2D eigenvalue weighted by Gasteiger charge is -2.39. The molecular weight excluding hydrogens is 820 g/mol. The van der Waals surface area contributed by atoms with E-state index in [1.807, 2.05) is 49.4 Å². The molecule has 0 bridgehead atoms. The number of H-pyrrole nitrogens is 1. The predicted molar refractivity (Wildman–Crippen MR) is 223 cm³/mol. The first-order valence-electron chi connectivity index (χ1n) is 19.9. The number of hydrogen-bond donors (Lipinski definition) is 7. The van der Waals surface area contributed by atoms with Crippen LogP contribution in [0.5, 0.6) is 0 Å². The first-order chi connectivity index (χ1) is 28.4. The summed E-state index contributed by atoms with van der Waals surface area (Å²) in [6.07, 6.45) is 3.92. The third-order valence-corrected chi connectivity index (χ3v) is 11.7. The molecule has 1 saturated heterocycles. The number of piperidine rings is 1. The first kappa shape index (κ1) is 46.7. The summed E-state index contributed by atoms with van der Waals surface area (Å²) in [6.45, 7) is 8.45. The minimum absolute atomic E-state index is 0. The summed E-state index contributed by atoms with van der Waals surface area (Å²) in [4.78, 5) is 54.7. The number of rotatable bonds is 14. The standard InChI is InChI=1S/C43H50F4N8O5.ClH/c1-24-20-30(37(57)52-34-18-19-49-23-41(34,2)3)14-17-32(24)27-8-4-25(5-9-27)21-33(51-36(56)29-10-6-26(22-48)7-11-29)38(58)50-31-15-12-28(13-16-31)35-53-39(55-54-35)42(44,45)43(46,47)40(59)60;/h4-5,8-9,12-17,20,26,29,33-34,49H,6-7,10-11,18-19,21-23,48H2,1-3H3,(H,50,58)(H,51,56)(H,52,57)(H,59,60)(H,53,54,55);1H/t26?,29?,33-,34?;/m0./s1. The molecule has 1 aromatic heterocycles. The van der Waals surface area contributed by atoms with Gasteiger partial charge in [-0.2, -0.15) is 22.7 Å². The van der Waals surface area contributed by atoms with Gasteiger partial charge in [-0.1, -0.05) is 44.2 Å². The van der Waals surface area contributed by atoms with Crippen LogP contribution in [0, 0.1) is 24.2 Å². The van der Waals surface area contributed by atoms with Crippen molar-refractivity contribution in [1.29, 1.82) is 0 Å². The SMILES string of the molecule is Cc1cc(C(=O)NC2CCNCC2(C)C)ccc1-c1ccc(C[C@H](NC(=O)C2CCC(CN)CC2)C(=O)Nc2ccc(-c3n[nH]c(C(F)(F)C(F)(F)C(=O)O)n3)cc2)cc1.Cl. The third-order valence-electron chi connectivity index (χ3n) is 11.7. The number of benzene rings is 3. The van der Waals surface area contributed by atoms with E-state index in [-0.39, 0.29) is 59.3 Å². The van der Waals surface area contributed by atoms with Crippen LogP contribution in [0.2, 0.25) is 0 Å². The number of carbonyl (C=O) groups is 4. The molecule has 1 unspecified atom stereocenters. The largest absolute Gasteiger partial charge is 0.477 e. The fourth-order valence-electron chi connectivity index (χ4n) is 7.77. The minimum Gasteiger partial charge on any atom is -0.477 e. The number of aryl methyl sites for hydroxylation is 1. The maximum absolute atomic E-state index is 14.3. The Morgan fingerprint density at radius 2 is 1.59 bits per heavy atom. The normalized spacial score (nSPS) is 19.5. The van der Waals surface area contributed by atoms with Crippen LogP contribution in [0.1, 0.15) is 73.3 Å². The zero-order valence-corrected chi connectivity index (χ0v) is 34.8. The Labute approximate surface area is 356 Å². The number of alkyl halides is 4. The van der Waals surface area contributed by atoms with Gasteiger partial charge in [0.1, 0.15) is 6.04 Å². The van der Waals surface area contributed by atoms with Gasteiger partial charge in [-0.25, -0.2) is 9.78 Å². The molecular formula is C43H51ClF4N8O5. The van der Waals surface area contributed by atoms with Crippen molar-refractivity contribution in [3.05, 3.63) is 89.2 Å². The minimum atomic E-state index is -5.44. The van der Waals surface area contributed by atoms with Crippen LogP contribution >= 0.6 is 12.4 Å². The van der Waals surface area contributed by atoms with Crippen molar-refractivity contribution in [2.24, 2.45) is 23.0 Å². The van der Waals surface area contributed by atoms with Crippen molar-refractivity contribution >= 4 is 41.8 Å². The molecule has 8 N–H and O–H groups in total. The molecule has 61 heavy (non-hydrogen) atoms. The Bertz CT molecular complexity index is 2190. The topological polar surface area (TPSA) is 204 Å². The number of nitrogens with zero attached hydrogens (tertiary/aromatic N) is 2. The zero-order valence-electron chi connectivity index (χ0n) is 34.0. The number of aliphatic carboxylic acids is 1. The molecule has 3 amide bonds. The Balaban J connectivity index is 0.00000704.